The van der Waals surface area contributed by atoms with E-state index in [2.05, 4.69) is 15.4 Å². The SMILES string of the molecule is CCCNC(=O)c1nc(-c2ccc(F)cc2)n(-c2ccc(OCC)cc2)n1. The molecule has 0 spiro atoms. The fourth-order valence-corrected chi connectivity index (χ4v) is 2.54. The Kier molecular flexibility index (Phi) is 5.80. The Morgan fingerprint density at radius 3 is 2.44 bits per heavy atom. The molecule has 0 aliphatic carbocycles. The highest BCUT2D eigenvalue weighted by atomic mass is 19.1. The standard InChI is InChI=1S/C20H21FN4O2/c1-3-13-22-20(26)18-23-19(14-5-7-15(21)8-6-14)25(24-18)16-9-11-17(12-10-16)27-4-2/h5-12H,3-4,13H2,1-2H3,(H,22,26). The molecule has 3 rings (SSSR count). The van der Waals surface area contributed by atoms with E-state index in [4.69, 9.17) is 4.74 Å². The Bertz CT molecular complexity index is 905. The van der Waals surface area contributed by atoms with Gasteiger partial charge in [-0.3, -0.25) is 4.79 Å². The maximum Gasteiger partial charge on any atom is 0.290 e. The van der Waals surface area contributed by atoms with E-state index in [-0.39, 0.29) is 17.5 Å². The number of carbonyl (C=O) groups excluding carboxylic acids is 1. The summed E-state index contributed by atoms with van der Waals surface area (Å²) in [6.07, 6.45) is 0.816. The third kappa shape index (κ3) is 4.31. The van der Waals surface area contributed by atoms with Gasteiger partial charge in [0.25, 0.3) is 5.91 Å². The molecule has 3 aromatic rings. The van der Waals surface area contributed by atoms with Gasteiger partial charge in [-0.15, -0.1) is 5.10 Å². The maximum atomic E-state index is 13.3. The topological polar surface area (TPSA) is 69.0 Å². The number of amides is 1. The first-order valence-electron chi connectivity index (χ1n) is 8.86. The van der Waals surface area contributed by atoms with E-state index in [9.17, 15) is 9.18 Å². The van der Waals surface area contributed by atoms with Gasteiger partial charge >= 0.3 is 0 Å². The van der Waals surface area contributed by atoms with E-state index >= 15 is 0 Å². The molecule has 1 heterocycles. The first-order chi connectivity index (χ1) is 13.1. The Morgan fingerprint density at radius 2 is 1.81 bits per heavy atom. The predicted molar refractivity (Wildman–Crippen MR) is 101 cm³/mol. The normalized spacial score (nSPS) is 10.6. The van der Waals surface area contributed by atoms with Gasteiger partial charge in [0.2, 0.25) is 5.82 Å². The molecule has 0 aliphatic rings. The van der Waals surface area contributed by atoms with Crippen LogP contribution in [-0.4, -0.2) is 33.8 Å². The van der Waals surface area contributed by atoms with Crippen molar-refractivity contribution in [3.63, 3.8) is 0 Å². The Balaban J connectivity index is 2.02. The molecule has 0 atom stereocenters. The van der Waals surface area contributed by atoms with Crippen molar-refractivity contribution in [1.82, 2.24) is 20.1 Å². The first kappa shape index (κ1) is 18.6. The summed E-state index contributed by atoms with van der Waals surface area (Å²) >= 11 is 0. The lowest BCUT2D eigenvalue weighted by Crippen LogP contribution is -2.25. The molecule has 0 saturated carbocycles. The predicted octanol–water partition coefficient (Wildman–Crippen LogP) is 3.61. The molecule has 6 nitrogen and oxygen atoms in total. The number of carbonyl (C=O) groups is 1. The smallest absolute Gasteiger partial charge is 0.290 e. The van der Waals surface area contributed by atoms with Gasteiger partial charge in [-0.05, 0) is 61.9 Å². The number of hydrogen-bond donors (Lipinski definition) is 1. The zero-order chi connectivity index (χ0) is 19.2. The molecule has 27 heavy (non-hydrogen) atoms. The summed E-state index contributed by atoms with van der Waals surface area (Å²) in [5.74, 6) is 0.583. The van der Waals surface area contributed by atoms with Crippen molar-refractivity contribution in [3.8, 4) is 22.8 Å². The molecule has 0 fully saturated rings. The summed E-state index contributed by atoms with van der Waals surface area (Å²) in [5.41, 5.74) is 1.38. The molecular weight excluding hydrogens is 347 g/mol. The molecule has 0 aliphatic heterocycles. The van der Waals surface area contributed by atoms with Crippen LogP contribution < -0.4 is 10.1 Å². The molecule has 0 saturated heterocycles. The second kappa shape index (κ2) is 8.44. The Labute approximate surface area is 157 Å². The van der Waals surface area contributed by atoms with Crippen LogP contribution in [0, 0.1) is 5.82 Å². The molecule has 140 valence electrons. The van der Waals surface area contributed by atoms with Crippen LogP contribution in [0.2, 0.25) is 0 Å². The van der Waals surface area contributed by atoms with Gasteiger partial charge in [0.05, 0.1) is 12.3 Å². The average Bonchev–Trinajstić information content (AvgIpc) is 3.13. The van der Waals surface area contributed by atoms with Crippen LogP contribution in [0.15, 0.2) is 48.5 Å². The van der Waals surface area contributed by atoms with Crippen LogP contribution in [0.3, 0.4) is 0 Å². The van der Waals surface area contributed by atoms with Crippen molar-refractivity contribution in [2.24, 2.45) is 0 Å². The van der Waals surface area contributed by atoms with Crippen molar-refractivity contribution >= 4 is 5.91 Å². The highest BCUT2D eigenvalue weighted by Crippen LogP contribution is 2.23. The van der Waals surface area contributed by atoms with E-state index in [1.807, 2.05) is 38.1 Å². The number of aromatic nitrogens is 3. The monoisotopic (exact) mass is 368 g/mol. The largest absolute Gasteiger partial charge is 0.494 e. The van der Waals surface area contributed by atoms with Gasteiger partial charge in [-0.25, -0.2) is 14.1 Å². The summed E-state index contributed by atoms with van der Waals surface area (Å²) in [5, 5.41) is 7.14. The molecule has 2 aromatic carbocycles. The lowest BCUT2D eigenvalue weighted by atomic mass is 10.2. The summed E-state index contributed by atoms with van der Waals surface area (Å²) in [7, 11) is 0. The molecule has 1 amide bonds. The molecule has 0 unspecified atom stereocenters. The summed E-state index contributed by atoms with van der Waals surface area (Å²) in [4.78, 5) is 16.7. The Morgan fingerprint density at radius 1 is 1.11 bits per heavy atom. The number of nitrogens with one attached hydrogen (secondary N) is 1. The average molecular weight is 368 g/mol. The van der Waals surface area contributed by atoms with Crippen LogP contribution in [0.25, 0.3) is 17.1 Å². The zero-order valence-electron chi connectivity index (χ0n) is 15.3. The lowest BCUT2D eigenvalue weighted by Gasteiger charge is -2.08. The third-order valence-corrected chi connectivity index (χ3v) is 3.84. The molecule has 0 bridgehead atoms. The highest BCUT2D eigenvalue weighted by molar-refractivity contribution is 5.91. The summed E-state index contributed by atoms with van der Waals surface area (Å²) < 4.78 is 20.3. The second-order valence-corrected chi connectivity index (χ2v) is 5.86. The van der Waals surface area contributed by atoms with Crippen molar-refractivity contribution in [1.29, 1.82) is 0 Å². The quantitative estimate of drug-likeness (QED) is 0.692. The van der Waals surface area contributed by atoms with E-state index < -0.39 is 0 Å². The zero-order valence-corrected chi connectivity index (χ0v) is 15.3. The highest BCUT2D eigenvalue weighted by Gasteiger charge is 2.18. The molecule has 1 aromatic heterocycles. The molecule has 7 heteroatoms. The van der Waals surface area contributed by atoms with E-state index in [1.165, 1.54) is 12.1 Å². The molecule has 0 radical (unpaired) electrons. The third-order valence-electron chi connectivity index (χ3n) is 3.84. The molecule has 1 N–H and O–H groups in total. The first-order valence-corrected chi connectivity index (χ1v) is 8.86. The number of benzene rings is 2. The number of ether oxygens (including phenoxy) is 1. The van der Waals surface area contributed by atoms with Gasteiger partial charge in [-0.1, -0.05) is 6.92 Å². The summed E-state index contributed by atoms with van der Waals surface area (Å²) in [6, 6.07) is 13.2. The number of halogens is 1. The van der Waals surface area contributed by atoms with Gasteiger partial charge in [0.15, 0.2) is 5.82 Å². The lowest BCUT2D eigenvalue weighted by molar-refractivity contribution is 0.0943. The number of hydrogen-bond acceptors (Lipinski definition) is 4. The van der Waals surface area contributed by atoms with Crippen molar-refractivity contribution < 1.29 is 13.9 Å². The van der Waals surface area contributed by atoms with E-state index in [1.54, 1.807) is 16.8 Å². The van der Waals surface area contributed by atoms with Crippen LogP contribution in [0.5, 0.6) is 5.75 Å². The van der Waals surface area contributed by atoms with Gasteiger partial charge in [0.1, 0.15) is 11.6 Å². The minimum Gasteiger partial charge on any atom is -0.494 e. The van der Waals surface area contributed by atoms with Gasteiger partial charge in [-0.2, -0.15) is 0 Å². The maximum absolute atomic E-state index is 13.3. The van der Waals surface area contributed by atoms with Crippen molar-refractivity contribution in [2.45, 2.75) is 20.3 Å². The molecular formula is C20H21FN4O2. The van der Waals surface area contributed by atoms with Gasteiger partial charge in [0, 0.05) is 12.1 Å². The van der Waals surface area contributed by atoms with E-state index in [0.717, 1.165) is 17.9 Å². The fraction of sp³-hybridized carbons (Fsp3) is 0.250. The number of nitrogens with zero attached hydrogens (tertiary/aromatic N) is 3. The minimum atomic E-state index is -0.343. The van der Waals surface area contributed by atoms with Crippen molar-refractivity contribution in [2.75, 3.05) is 13.2 Å². The summed E-state index contributed by atoms with van der Waals surface area (Å²) in [6.45, 7) is 5.00. The number of rotatable bonds is 7. The van der Waals surface area contributed by atoms with E-state index in [0.29, 0.717) is 24.5 Å². The van der Waals surface area contributed by atoms with Crippen LogP contribution in [0.4, 0.5) is 4.39 Å². The fourth-order valence-electron chi connectivity index (χ4n) is 2.54. The van der Waals surface area contributed by atoms with Crippen LogP contribution in [-0.2, 0) is 0 Å². The minimum absolute atomic E-state index is 0.0664. The van der Waals surface area contributed by atoms with Gasteiger partial charge < -0.3 is 10.1 Å². The van der Waals surface area contributed by atoms with Crippen molar-refractivity contribution in [3.05, 3.63) is 60.2 Å². The van der Waals surface area contributed by atoms with Crippen LogP contribution in [0.1, 0.15) is 30.9 Å². The second-order valence-electron chi connectivity index (χ2n) is 5.86. The Hall–Kier alpha value is -3.22. The van der Waals surface area contributed by atoms with Crippen LogP contribution >= 0.6 is 0 Å².